The van der Waals surface area contributed by atoms with E-state index in [1.807, 2.05) is 0 Å². The average Bonchev–Trinajstić information content (AvgIpc) is 3.18. The largest absolute Gasteiger partial charge is 0.478 e. The van der Waals surface area contributed by atoms with E-state index in [0.717, 1.165) is 43.9 Å². The van der Waals surface area contributed by atoms with Gasteiger partial charge in [0.15, 0.2) is 6.10 Å². The number of nitrogens with zero attached hydrogens (tertiary/aromatic N) is 3. The second-order valence-corrected chi connectivity index (χ2v) is 7.46. The number of amides is 1. The monoisotopic (exact) mass is 442 g/mol. The molecule has 0 fully saturated rings. The first kappa shape index (κ1) is 24.7. The summed E-state index contributed by atoms with van der Waals surface area (Å²) in [5.41, 5.74) is 0.748. The number of ether oxygens (including phenoxy) is 1. The number of unbranched alkanes of at least 4 members (excludes halogenated alkanes) is 3. The molecule has 2 heterocycles. The van der Waals surface area contributed by atoms with Gasteiger partial charge in [-0.05, 0) is 18.9 Å². The van der Waals surface area contributed by atoms with E-state index in [4.69, 9.17) is 14.9 Å². The predicted octanol–water partition coefficient (Wildman–Crippen LogP) is -1.67. The van der Waals surface area contributed by atoms with Gasteiger partial charge in [0.1, 0.15) is 24.9 Å². The van der Waals surface area contributed by atoms with Crippen LogP contribution in [0.2, 0.25) is 0 Å². The number of carboxylic acid groups (broad SMARTS) is 1. The smallest absolute Gasteiger partial charge is 0.370 e. The lowest BCUT2D eigenvalue weighted by molar-refractivity contribution is -0.149. The normalized spacial score (nSPS) is 22.9. The highest BCUT2D eigenvalue weighted by molar-refractivity contribution is 5.84. The van der Waals surface area contributed by atoms with Crippen LogP contribution in [0.4, 0.5) is 0 Å². The minimum atomic E-state index is -1.77. The van der Waals surface area contributed by atoms with Gasteiger partial charge in [-0.2, -0.15) is 0 Å². The van der Waals surface area contributed by atoms with Crippen molar-refractivity contribution >= 4 is 11.9 Å². The van der Waals surface area contributed by atoms with Crippen LogP contribution in [0, 0.1) is 0 Å². The van der Waals surface area contributed by atoms with Crippen molar-refractivity contribution in [2.75, 3.05) is 6.61 Å². The van der Waals surface area contributed by atoms with Crippen molar-refractivity contribution in [1.82, 2.24) is 20.3 Å². The molecule has 6 N–H and O–H groups in total. The number of hydrogen-bond donors (Lipinski definition) is 6. The standard InChI is InChI=1S/C19H30N4O8/c1-2-3-4-5-6-11-8-23(22-21-11)9-15(27)20-16-12(25)7-14(19(29)30)31-18(16)17(28)13(26)10-24/h7-8,12-13,16-18,24-26,28H,2-6,9-10H2,1H3,(H,20,27)(H,29,30)/t12-,13+,16+,17+,18-/m0/s1. The van der Waals surface area contributed by atoms with Gasteiger partial charge in [0, 0.05) is 6.20 Å². The number of carboxylic acids is 1. The number of aromatic nitrogens is 3. The van der Waals surface area contributed by atoms with Crippen molar-refractivity contribution in [3.63, 3.8) is 0 Å². The van der Waals surface area contributed by atoms with E-state index in [1.165, 1.54) is 4.68 Å². The van der Waals surface area contributed by atoms with Crippen molar-refractivity contribution in [3.05, 3.63) is 23.7 Å². The van der Waals surface area contributed by atoms with Gasteiger partial charge in [0.25, 0.3) is 0 Å². The Balaban J connectivity index is 2.03. The Bertz CT molecular complexity index is 768. The zero-order chi connectivity index (χ0) is 23.0. The molecule has 0 bridgehead atoms. The maximum Gasteiger partial charge on any atom is 0.370 e. The molecule has 0 spiro atoms. The topological polar surface area (TPSA) is 187 Å². The number of aliphatic hydroxyl groups is 4. The third-order valence-electron chi connectivity index (χ3n) is 4.94. The third-order valence-corrected chi connectivity index (χ3v) is 4.94. The zero-order valence-corrected chi connectivity index (χ0v) is 17.3. The highest BCUT2D eigenvalue weighted by atomic mass is 16.5. The first-order chi connectivity index (χ1) is 14.8. The number of hydrogen-bond acceptors (Lipinski definition) is 9. The predicted molar refractivity (Wildman–Crippen MR) is 105 cm³/mol. The molecule has 0 aliphatic carbocycles. The van der Waals surface area contributed by atoms with Crippen LogP contribution in [-0.4, -0.2) is 89.5 Å². The lowest BCUT2D eigenvalue weighted by Crippen LogP contribution is -2.60. The highest BCUT2D eigenvalue weighted by Crippen LogP contribution is 2.23. The van der Waals surface area contributed by atoms with E-state index >= 15 is 0 Å². The Labute approximate surface area is 179 Å². The summed E-state index contributed by atoms with van der Waals surface area (Å²) >= 11 is 0. The Morgan fingerprint density at radius 1 is 1.29 bits per heavy atom. The number of aliphatic carboxylic acids is 1. The van der Waals surface area contributed by atoms with Gasteiger partial charge >= 0.3 is 5.97 Å². The molecule has 0 radical (unpaired) electrons. The Kier molecular flexibility index (Phi) is 9.37. The van der Waals surface area contributed by atoms with Crippen LogP contribution in [-0.2, 0) is 27.3 Å². The van der Waals surface area contributed by atoms with E-state index in [-0.39, 0.29) is 6.54 Å². The Morgan fingerprint density at radius 2 is 2.03 bits per heavy atom. The van der Waals surface area contributed by atoms with Gasteiger partial charge < -0.3 is 35.6 Å². The lowest BCUT2D eigenvalue weighted by atomic mass is 9.94. The average molecular weight is 442 g/mol. The van der Waals surface area contributed by atoms with Crippen LogP contribution < -0.4 is 5.32 Å². The molecule has 1 aliphatic heterocycles. The first-order valence-corrected chi connectivity index (χ1v) is 10.2. The van der Waals surface area contributed by atoms with Gasteiger partial charge in [0.05, 0.1) is 18.3 Å². The summed E-state index contributed by atoms with van der Waals surface area (Å²) in [5.74, 6) is -2.73. The van der Waals surface area contributed by atoms with Crippen molar-refractivity contribution in [2.24, 2.45) is 0 Å². The van der Waals surface area contributed by atoms with E-state index in [2.05, 4.69) is 22.6 Å². The van der Waals surface area contributed by atoms with E-state index < -0.39 is 54.7 Å². The van der Waals surface area contributed by atoms with Crippen LogP contribution in [0.15, 0.2) is 18.0 Å². The molecule has 1 aliphatic rings. The summed E-state index contributed by atoms with van der Waals surface area (Å²) in [4.78, 5) is 23.6. The molecule has 174 valence electrons. The molecule has 5 atom stereocenters. The zero-order valence-electron chi connectivity index (χ0n) is 17.3. The second kappa shape index (κ2) is 11.7. The fraction of sp³-hybridized carbons (Fsp3) is 0.684. The van der Waals surface area contributed by atoms with E-state index in [9.17, 15) is 24.9 Å². The van der Waals surface area contributed by atoms with Crippen molar-refractivity contribution in [3.8, 4) is 0 Å². The first-order valence-electron chi connectivity index (χ1n) is 10.2. The molecular formula is C19H30N4O8. The second-order valence-electron chi connectivity index (χ2n) is 7.46. The number of carbonyl (C=O) groups is 2. The molecule has 1 amide bonds. The molecule has 0 aromatic carbocycles. The van der Waals surface area contributed by atoms with Gasteiger partial charge in [-0.25, -0.2) is 9.48 Å². The van der Waals surface area contributed by atoms with Crippen LogP contribution in [0.25, 0.3) is 0 Å². The third kappa shape index (κ3) is 6.99. The van der Waals surface area contributed by atoms with Crippen LogP contribution in [0.3, 0.4) is 0 Å². The summed E-state index contributed by atoms with van der Waals surface area (Å²) in [6.07, 6.45) is 1.11. The molecule has 1 aromatic rings. The molecular weight excluding hydrogens is 412 g/mol. The number of nitrogens with one attached hydrogen (secondary N) is 1. The summed E-state index contributed by atoms with van der Waals surface area (Å²) < 4.78 is 6.49. The van der Waals surface area contributed by atoms with Crippen molar-refractivity contribution in [2.45, 2.75) is 76.0 Å². The summed E-state index contributed by atoms with van der Waals surface area (Å²) in [6.45, 7) is 1.06. The van der Waals surface area contributed by atoms with Gasteiger partial charge in [-0.3, -0.25) is 4.79 Å². The summed E-state index contributed by atoms with van der Waals surface area (Å²) in [7, 11) is 0. The molecule has 12 heteroatoms. The Morgan fingerprint density at radius 3 is 2.68 bits per heavy atom. The minimum Gasteiger partial charge on any atom is -0.478 e. The number of carbonyl (C=O) groups excluding carboxylic acids is 1. The van der Waals surface area contributed by atoms with Crippen molar-refractivity contribution < 1.29 is 39.9 Å². The highest BCUT2D eigenvalue weighted by Gasteiger charge is 2.43. The summed E-state index contributed by atoms with van der Waals surface area (Å²) in [6, 6.07) is -1.27. The van der Waals surface area contributed by atoms with Gasteiger partial charge in [-0.1, -0.05) is 31.4 Å². The molecule has 0 unspecified atom stereocenters. The number of rotatable bonds is 12. The molecule has 0 saturated carbocycles. The minimum absolute atomic E-state index is 0.230. The van der Waals surface area contributed by atoms with Crippen LogP contribution in [0.5, 0.6) is 0 Å². The molecule has 12 nitrogen and oxygen atoms in total. The Hall–Kier alpha value is -2.54. The van der Waals surface area contributed by atoms with E-state index in [1.54, 1.807) is 6.20 Å². The van der Waals surface area contributed by atoms with Crippen LogP contribution in [0.1, 0.15) is 38.3 Å². The fourth-order valence-electron chi connectivity index (χ4n) is 3.25. The molecule has 0 saturated heterocycles. The number of aryl methyl sites for hydroxylation is 1. The van der Waals surface area contributed by atoms with Gasteiger partial charge in [-0.15, -0.1) is 5.10 Å². The SMILES string of the molecule is CCCCCCc1cn(CC(=O)N[C@H]2[C@@H]([C@H](O)[C@H](O)CO)OC(C(=O)O)=C[C@@H]2O)nn1. The molecule has 1 aromatic heterocycles. The fourth-order valence-corrected chi connectivity index (χ4v) is 3.25. The maximum absolute atomic E-state index is 12.5. The molecule has 31 heavy (non-hydrogen) atoms. The number of aliphatic hydroxyl groups excluding tert-OH is 4. The molecule has 2 rings (SSSR count). The quantitative estimate of drug-likeness (QED) is 0.204. The summed E-state index contributed by atoms with van der Waals surface area (Å²) in [5, 5.41) is 58.8. The lowest BCUT2D eigenvalue weighted by Gasteiger charge is -2.38. The van der Waals surface area contributed by atoms with E-state index in [0.29, 0.717) is 0 Å². The van der Waals surface area contributed by atoms with Crippen LogP contribution >= 0.6 is 0 Å². The van der Waals surface area contributed by atoms with Gasteiger partial charge in [0.2, 0.25) is 11.7 Å². The maximum atomic E-state index is 12.5. The van der Waals surface area contributed by atoms with Crippen molar-refractivity contribution in [1.29, 1.82) is 0 Å².